The molecule has 0 radical (unpaired) electrons. The van der Waals surface area contributed by atoms with E-state index in [2.05, 4.69) is 15.4 Å². The van der Waals surface area contributed by atoms with Gasteiger partial charge in [0, 0.05) is 24.0 Å². The number of carbonyl (C=O) groups is 2. The van der Waals surface area contributed by atoms with E-state index >= 15 is 0 Å². The molecule has 1 N–H and O–H groups in total. The second kappa shape index (κ2) is 7.26. The summed E-state index contributed by atoms with van der Waals surface area (Å²) in [6.07, 6.45) is 6.45. The molecule has 27 heavy (non-hydrogen) atoms. The number of thioether (sulfide) groups is 1. The number of fused-ring (bicyclic) bond motifs is 1. The van der Waals surface area contributed by atoms with Crippen molar-refractivity contribution in [2.24, 2.45) is 0 Å². The van der Waals surface area contributed by atoms with Gasteiger partial charge < -0.3 is 0 Å². The minimum atomic E-state index is -0.449. The van der Waals surface area contributed by atoms with E-state index in [0.29, 0.717) is 10.5 Å². The predicted octanol–water partition coefficient (Wildman–Crippen LogP) is 3.18. The van der Waals surface area contributed by atoms with Crippen molar-refractivity contribution in [2.45, 2.75) is 0 Å². The van der Waals surface area contributed by atoms with Crippen molar-refractivity contribution in [3.05, 3.63) is 77.1 Å². The molecule has 1 aliphatic rings. The fraction of sp³-hybridized carbons (Fsp3) is 0. The van der Waals surface area contributed by atoms with E-state index in [-0.39, 0.29) is 10.2 Å². The molecule has 1 fully saturated rings. The number of thiocarbonyl (C=S) groups is 1. The molecule has 132 valence electrons. The van der Waals surface area contributed by atoms with Gasteiger partial charge in [-0.05, 0) is 48.1 Å². The normalized spacial score (nSPS) is 15.6. The summed E-state index contributed by atoms with van der Waals surface area (Å²) in [5, 5.41) is 2.10. The number of benzene rings is 1. The monoisotopic (exact) mass is 392 g/mol. The first-order valence-corrected chi connectivity index (χ1v) is 9.18. The first-order valence-electron chi connectivity index (χ1n) is 7.95. The molecule has 8 heteroatoms. The highest BCUT2D eigenvalue weighted by Crippen LogP contribution is 2.31. The Hall–Kier alpha value is -3.10. The van der Waals surface area contributed by atoms with Gasteiger partial charge in [0.05, 0.1) is 16.0 Å². The maximum Gasteiger partial charge on any atom is 0.285 e. The Morgan fingerprint density at radius 1 is 1.19 bits per heavy atom. The molecule has 1 aromatic carbocycles. The highest BCUT2D eigenvalue weighted by atomic mass is 32.2. The second-order valence-corrected chi connectivity index (χ2v) is 7.33. The van der Waals surface area contributed by atoms with Crippen molar-refractivity contribution in [1.82, 2.24) is 20.4 Å². The zero-order valence-electron chi connectivity index (χ0n) is 13.8. The summed E-state index contributed by atoms with van der Waals surface area (Å²) in [6, 6.07) is 12.8. The maximum absolute atomic E-state index is 12.7. The molecule has 0 atom stereocenters. The van der Waals surface area contributed by atoms with Crippen molar-refractivity contribution in [3.8, 4) is 0 Å². The van der Waals surface area contributed by atoms with Crippen LogP contribution in [0.5, 0.6) is 0 Å². The second-order valence-electron chi connectivity index (χ2n) is 5.66. The van der Waals surface area contributed by atoms with Crippen LogP contribution in [0.25, 0.3) is 17.0 Å². The van der Waals surface area contributed by atoms with E-state index in [0.717, 1.165) is 33.2 Å². The molecule has 2 aromatic heterocycles. The summed E-state index contributed by atoms with van der Waals surface area (Å²) in [5.74, 6) is -0.820. The Morgan fingerprint density at radius 2 is 2.04 bits per heavy atom. The number of amides is 2. The van der Waals surface area contributed by atoms with Gasteiger partial charge in [-0.3, -0.25) is 25.0 Å². The highest BCUT2D eigenvalue weighted by Gasteiger charge is 2.33. The predicted molar refractivity (Wildman–Crippen MR) is 108 cm³/mol. The van der Waals surface area contributed by atoms with Crippen molar-refractivity contribution < 1.29 is 9.59 Å². The van der Waals surface area contributed by atoms with Crippen LogP contribution in [-0.4, -0.2) is 31.1 Å². The Kier molecular flexibility index (Phi) is 4.66. The molecule has 2 amide bonds. The maximum atomic E-state index is 12.7. The SMILES string of the molecule is O=C(NN1C(=O)/C(=C/c2ccc3cccnc3c2)SC1=S)c1cccnc1. The molecule has 6 nitrogen and oxygen atoms in total. The zero-order chi connectivity index (χ0) is 18.8. The van der Waals surface area contributed by atoms with E-state index in [1.807, 2.05) is 30.3 Å². The third kappa shape index (κ3) is 3.57. The van der Waals surface area contributed by atoms with E-state index < -0.39 is 5.91 Å². The summed E-state index contributed by atoms with van der Waals surface area (Å²) in [5.41, 5.74) is 4.55. The van der Waals surface area contributed by atoms with E-state index in [1.54, 1.807) is 30.6 Å². The summed E-state index contributed by atoms with van der Waals surface area (Å²) >= 11 is 6.38. The van der Waals surface area contributed by atoms with E-state index in [9.17, 15) is 9.59 Å². The first-order chi connectivity index (χ1) is 13.1. The molecule has 0 aliphatic carbocycles. The molecular weight excluding hydrogens is 380 g/mol. The molecule has 0 saturated carbocycles. The number of pyridine rings is 2. The summed E-state index contributed by atoms with van der Waals surface area (Å²) < 4.78 is 0.266. The van der Waals surface area contributed by atoms with Crippen LogP contribution < -0.4 is 5.43 Å². The van der Waals surface area contributed by atoms with Gasteiger partial charge in [0.2, 0.25) is 0 Å². The number of hydrogen-bond donors (Lipinski definition) is 1. The molecule has 0 unspecified atom stereocenters. The fourth-order valence-corrected chi connectivity index (χ4v) is 3.73. The Morgan fingerprint density at radius 3 is 2.85 bits per heavy atom. The Balaban J connectivity index is 1.56. The Labute approximate surface area is 164 Å². The Bertz CT molecular complexity index is 1100. The largest absolute Gasteiger partial charge is 0.285 e. The number of nitrogens with zero attached hydrogens (tertiary/aromatic N) is 3. The molecule has 4 rings (SSSR count). The van der Waals surface area contributed by atoms with Crippen LogP contribution in [0.1, 0.15) is 15.9 Å². The lowest BCUT2D eigenvalue weighted by molar-refractivity contribution is -0.123. The lowest BCUT2D eigenvalue weighted by Crippen LogP contribution is -2.44. The molecule has 0 spiro atoms. The third-order valence-electron chi connectivity index (χ3n) is 3.86. The van der Waals surface area contributed by atoms with Gasteiger partial charge in [-0.2, -0.15) is 5.01 Å². The van der Waals surface area contributed by atoms with Gasteiger partial charge in [0.15, 0.2) is 4.32 Å². The average Bonchev–Trinajstić information content (AvgIpc) is 2.96. The number of hydrogen-bond acceptors (Lipinski definition) is 6. The van der Waals surface area contributed by atoms with Gasteiger partial charge in [0.1, 0.15) is 0 Å². The average molecular weight is 392 g/mol. The van der Waals surface area contributed by atoms with Crippen LogP contribution in [-0.2, 0) is 4.79 Å². The quantitative estimate of drug-likeness (QED) is 0.545. The van der Waals surface area contributed by atoms with Crippen LogP contribution in [0, 0.1) is 0 Å². The van der Waals surface area contributed by atoms with Crippen molar-refractivity contribution in [1.29, 1.82) is 0 Å². The summed E-state index contributed by atoms with van der Waals surface area (Å²) in [7, 11) is 0. The number of aromatic nitrogens is 2. The number of rotatable bonds is 3. The standard InChI is InChI=1S/C19H12N4O2S2/c24-17(14-4-1-7-20-11-14)22-23-18(25)16(27-19(23)26)10-12-5-6-13-3-2-8-21-15(13)9-12/h1-11H,(H,22,24)/b16-10-. The van der Waals surface area contributed by atoms with Gasteiger partial charge in [-0.1, -0.05) is 30.0 Å². The highest BCUT2D eigenvalue weighted by molar-refractivity contribution is 8.26. The van der Waals surface area contributed by atoms with Crippen LogP contribution in [0.15, 0.2) is 66.0 Å². The molecule has 1 saturated heterocycles. The van der Waals surface area contributed by atoms with Crippen LogP contribution in [0.3, 0.4) is 0 Å². The summed E-state index contributed by atoms with van der Waals surface area (Å²) in [6.45, 7) is 0. The minimum absolute atomic E-state index is 0.266. The van der Waals surface area contributed by atoms with Crippen LogP contribution in [0.2, 0.25) is 0 Å². The number of nitrogens with one attached hydrogen (secondary N) is 1. The molecule has 3 aromatic rings. The molecule has 3 heterocycles. The van der Waals surface area contributed by atoms with Crippen molar-refractivity contribution in [3.63, 3.8) is 0 Å². The van der Waals surface area contributed by atoms with E-state index in [4.69, 9.17) is 12.2 Å². The van der Waals surface area contributed by atoms with Crippen LogP contribution >= 0.6 is 24.0 Å². The molecule has 1 aliphatic heterocycles. The number of carbonyl (C=O) groups excluding carboxylic acids is 2. The lowest BCUT2D eigenvalue weighted by Gasteiger charge is -2.15. The molecular formula is C19H12N4O2S2. The third-order valence-corrected chi connectivity index (χ3v) is 5.16. The van der Waals surface area contributed by atoms with Gasteiger partial charge in [-0.25, -0.2) is 0 Å². The van der Waals surface area contributed by atoms with Crippen LogP contribution in [0.4, 0.5) is 0 Å². The minimum Gasteiger partial charge on any atom is -0.267 e. The first kappa shape index (κ1) is 17.3. The van der Waals surface area contributed by atoms with Gasteiger partial charge in [0.25, 0.3) is 11.8 Å². The van der Waals surface area contributed by atoms with Crippen molar-refractivity contribution in [2.75, 3.05) is 0 Å². The smallest absolute Gasteiger partial charge is 0.267 e. The van der Waals surface area contributed by atoms with Crippen molar-refractivity contribution >= 4 is 57.1 Å². The zero-order valence-corrected chi connectivity index (χ0v) is 15.5. The molecule has 0 bridgehead atoms. The van der Waals surface area contributed by atoms with E-state index in [1.165, 1.54) is 6.20 Å². The topological polar surface area (TPSA) is 75.2 Å². The van der Waals surface area contributed by atoms with Gasteiger partial charge in [-0.15, -0.1) is 0 Å². The van der Waals surface area contributed by atoms with Gasteiger partial charge >= 0.3 is 0 Å². The fourth-order valence-electron chi connectivity index (χ4n) is 2.55. The lowest BCUT2D eigenvalue weighted by atomic mass is 10.1. The number of hydrazine groups is 1. The summed E-state index contributed by atoms with van der Waals surface area (Å²) in [4.78, 5) is 33.6.